The minimum absolute atomic E-state index is 0.449. The van der Waals surface area contributed by atoms with Gasteiger partial charge in [0.25, 0.3) is 0 Å². The summed E-state index contributed by atoms with van der Waals surface area (Å²) in [4.78, 5) is 12.0. The number of nitrogens with zero attached hydrogens (tertiary/aromatic N) is 1. The second-order valence-corrected chi connectivity index (χ2v) is 4.93. The molecule has 19 heavy (non-hydrogen) atoms. The van der Waals surface area contributed by atoms with Crippen molar-refractivity contribution in [2.45, 2.75) is 11.7 Å². The maximum absolute atomic E-state index is 12.2. The first kappa shape index (κ1) is 15.5. The summed E-state index contributed by atoms with van der Waals surface area (Å²) < 4.78 is 66.6. The highest BCUT2D eigenvalue weighted by Gasteiger charge is 2.49. The lowest BCUT2D eigenvalue weighted by Crippen LogP contribution is -2.41. The molecular weight excluding hydrogens is 291 g/mol. The molecule has 0 aromatic heterocycles. The highest BCUT2D eigenvalue weighted by Crippen LogP contribution is 2.27. The monoisotopic (exact) mass is 301 g/mol. The van der Waals surface area contributed by atoms with Gasteiger partial charge in [0.05, 0.1) is 7.11 Å². The molecule has 0 fully saturated rings. The minimum Gasteiger partial charge on any atom is -0.468 e. The first-order valence-electron chi connectivity index (χ1n) is 4.84. The summed E-state index contributed by atoms with van der Waals surface area (Å²) in [6.45, 7) is -0.449. The number of ether oxygens (including phenoxy) is 1. The van der Waals surface area contributed by atoms with Gasteiger partial charge in [-0.25, -0.2) is 4.18 Å². The van der Waals surface area contributed by atoms with Crippen LogP contribution >= 0.6 is 0 Å². The first-order valence-corrected chi connectivity index (χ1v) is 6.25. The quantitative estimate of drug-likeness (QED) is 0.433. The van der Waals surface area contributed by atoms with Crippen molar-refractivity contribution in [1.82, 2.24) is 4.90 Å². The van der Waals surface area contributed by atoms with Crippen LogP contribution in [0.1, 0.15) is 0 Å². The molecule has 0 N–H and O–H groups in total. The Morgan fingerprint density at radius 3 is 2.53 bits per heavy atom. The summed E-state index contributed by atoms with van der Waals surface area (Å²) in [5.41, 5.74) is -5.53. The largest absolute Gasteiger partial charge is 0.523 e. The zero-order chi connectivity index (χ0) is 14.7. The van der Waals surface area contributed by atoms with Crippen LogP contribution in [0.15, 0.2) is 24.4 Å². The summed E-state index contributed by atoms with van der Waals surface area (Å²) in [5.74, 6) is -0.752. The molecule has 0 bridgehead atoms. The van der Waals surface area contributed by atoms with Gasteiger partial charge in [0.15, 0.2) is 6.23 Å². The lowest BCUT2D eigenvalue weighted by molar-refractivity contribution is -0.142. The third kappa shape index (κ3) is 3.96. The zero-order valence-electron chi connectivity index (χ0n) is 9.62. The van der Waals surface area contributed by atoms with Crippen LogP contribution in [-0.4, -0.2) is 44.7 Å². The number of carbonyl (C=O) groups is 1. The zero-order valence-corrected chi connectivity index (χ0v) is 10.4. The summed E-state index contributed by atoms with van der Waals surface area (Å²) in [6, 6.07) is 0. The average Bonchev–Trinajstić information content (AvgIpc) is 2.29. The van der Waals surface area contributed by atoms with Gasteiger partial charge in [0.2, 0.25) is 0 Å². The van der Waals surface area contributed by atoms with E-state index in [-0.39, 0.29) is 0 Å². The molecule has 0 aromatic carbocycles. The Balaban J connectivity index is 2.83. The van der Waals surface area contributed by atoms with Gasteiger partial charge in [-0.2, -0.15) is 21.6 Å². The maximum Gasteiger partial charge on any atom is 0.523 e. The Hall–Kier alpha value is -1.55. The Bertz CT molecular complexity index is 496. The molecule has 0 aromatic rings. The predicted molar refractivity (Wildman–Crippen MR) is 56.8 cm³/mol. The SMILES string of the molecule is COC(=O)CN1C=CC=CC1OS(=O)(=O)C(F)(F)F. The molecule has 0 amide bonds. The smallest absolute Gasteiger partial charge is 0.468 e. The van der Waals surface area contributed by atoms with Crippen LogP contribution in [0.3, 0.4) is 0 Å². The fourth-order valence-corrected chi connectivity index (χ4v) is 1.69. The molecule has 108 valence electrons. The molecule has 1 aliphatic heterocycles. The molecule has 0 saturated carbocycles. The molecular formula is C9H10F3NO5S. The van der Waals surface area contributed by atoms with Crippen molar-refractivity contribution >= 4 is 16.1 Å². The van der Waals surface area contributed by atoms with Gasteiger partial charge in [-0.3, -0.25) is 4.79 Å². The van der Waals surface area contributed by atoms with Crippen molar-refractivity contribution in [2.75, 3.05) is 13.7 Å². The number of halogens is 3. The van der Waals surface area contributed by atoms with E-state index in [1.807, 2.05) is 0 Å². The lowest BCUT2D eigenvalue weighted by Gasteiger charge is -2.28. The van der Waals surface area contributed by atoms with E-state index in [0.717, 1.165) is 18.1 Å². The van der Waals surface area contributed by atoms with Gasteiger partial charge in [-0.05, 0) is 12.2 Å². The molecule has 1 rings (SSSR count). The van der Waals surface area contributed by atoms with Crippen LogP contribution in [0.2, 0.25) is 0 Å². The molecule has 1 heterocycles. The number of carbonyl (C=O) groups excluding carboxylic acids is 1. The molecule has 0 saturated heterocycles. The number of hydrogen-bond donors (Lipinski definition) is 0. The first-order chi connectivity index (χ1) is 8.67. The Morgan fingerprint density at radius 1 is 1.37 bits per heavy atom. The highest BCUT2D eigenvalue weighted by molar-refractivity contribution is 7.87. The van der Waals surface area contributed by atoms with Gasteiger partial charge >= 0.3 is 21.6 Å². The Labute approximate surface area is 107 Å². The van der Waals surface area contributed by atoms with Crippen molar-refractivity contribution in [3.05, 3.63) is 24.4 Å². The number of esters is 1. The molecule has 10 heteroatoms. The number of rotatable bonds is 4. The summed E-state index contributed by atoms with van der Waals surface area (Å²) in [6.07, 6.45) is 3.42. The molecule has 0 aliphatic carbocycles. The fraction of sp³-hybridized carbons (Fsp3) is 0.444. The molecule has 0 spiro atoms. The molecule has 1 unspecified atom stereocenters. The summed E-state index contributed by atoms with van der Waals surface area (Å²) in [5, 5.41) is 0. The van der Waals surface area contributed by atoms with Crippen LogP contribution in [0, 0.1) is 0 Å². The van der Waals surface area contributed by atoms with Crippen molar-refractivity contribution in [3.63, 3.8) is 0 Å². The predicted octanol–water partition coefficient (Wildman–Crippen LogP) is 0.737. The summed E-state index contributed by atoms with van der Waals surface area (Å²) in [7, 11) is -4.66. The molecule has 1 atom stereocenters. The molecule has 0 radical (unpaired) electrons. The minimum atomic E-state index is -5.75. The standard InChI is InChI=1S/C9H10F3NO5S/c1-17-8(14)6-13-5-3-2-4-7(13)18-19(15,16)9(10,11)12/h2-5,7H,6H2,1H3. The van der Waals surface area contributed by atoms with E-state index in [1.165, 1.54) is 18.4 Å². The Morgan fingerprint density at radius 2 is 2.00 bits per heavy atom. The van der Waals surface area contributed by atoms with Crippen molar-refractivity contribution in [3.8, 4) is 0 Å². The normalized spacial score (nSPS) is 19.6. The second kappa shape index (κ2) is 5.61. The number of hydrogen-bond acceptors (Lipinski definition) is 6. The van der Waals surface area contributed by atoms with E-state index in [0.29, 0.717) is 0 Å². The third-order valence-corrected chi connectivity index (χ3v) is 3.06. The number of alkyl halides is 3. The van der Waals surface area contributed by atoms with Crippen LogP contribution in [0.5, 0.6) is 0 Å². The van der Waals surface area contributed by atoms with Crippen LogP contribution in [0.25, 0.3) is 0 Å². The van der Waals surface area contributed by atoms with E-state index in [2.05, 4.69) is 8.92 Å². The topological polar surface area (TPSA) is 72.9 Å². The average molecular weight is 301 g/mol. The highest BCUT2D eigenvalue weighted by atomic mass is 32.2. The van der Waals surface area contributed by atoms with Crippen LogP contribution in [0.4, 0.5) is 13.2 Å². The van der Waals surface area contributed by atoms with E-state index in [4.69, 9.17) is 0 Å². The number of methoxy groups -OCH3 is 1. The van der Waals surface area contributed by atoms with Crippen LogP contribution < -0.4 is 0 Å². The van der Waals surface area contributed by atoms with E-state index >= 15 is 0 Å². The van der Waals surface area contributed by atoms with Crippen molar-refractivity contribution in [2.24, 2.45) is 0 Å². The van der Waals surface area contributed by atoms with Gasteiger partial charge in [-0.1, -0.05) is 6.08 Å². The van der Waals surface area contributed by atoms with Crippen molar-refractivity contribution < 1.29 is 35.3 Å². The number of allylic oxidation sites excluding steroid dienone is 2. The fourth-order valence-electron chi connectivity index (χ4n) is 1.14. The van der Waals surface area contributed by atoms with Gasteiger partial charge in [0.1, 0.15) is 6.54 Å². The van der Waals surface area contributed by atoms with Crippen LogP contribution in [-0.2, 0) is 23.8 Å². The summed E-state index contributed by atoms with van der Waals surface area (Å²) >= 11 is 0. The van der Waals surface area contributed by atoms with E-state index < -0.39 is 34.4 Å². The van der Waals surface area contributed by atoms with Gasteiger partial charge < -0.3 is 9.64 Å². The van der Waals surface area contributed by atoms with Crippen molar-refractivity contribution in [1.29, 1.82) is 0 Å². The van der Waals surface area contributed by atoms with Gasteiger partial charge in [-0.15, -0.1) is 0 Å². The third-order valence-electron chi connectivity index (χ3n) is 2.04. The van der Waals surface area contributed by atoms with E-state index in [1.54, 1.807) is 0 Å². The van der Waals surface area contributed by atoms with Gasteiger partial charge in [0, 0.05) is 6.20 Å². The second-order valence-electron chi connectivity index (χ2n) is 3.36. The maximum atomic E-state index is 12.2. The van der Waals surface area contributed by atoms with E-state index in [9.17, 15) is 26.4 Å². The molecule has 6 nitrogen and oxygen atoms in total. The Kier molecular flexibility index (Phi) is 4.58. The molecule has 1 aliphatic rings. The lowest BCUT2D eigenvalue weighted by atomic mass is 10.3.